The van der Waals surface area contributed by atoms with Crippen LogP contribution in [0.4, 0.5) is 0 Å². The van der Waals surface area contributed by atoms with Crippen molar-refractivity contribution < 1.29 is 0 Å². The van der Waals surface area contributed by atoms with E-state index in [1.165, 1.54) is 22.7 Å². The van der Waals surface area contributed by atoms with Crippen LogP contribution in [-0.2, 0) is 0 Å². The third kappa shape index (κ3) is 3.63. The largest absolute Gasteiger partial charge is 0.233 e. The summed E-state index contributed by atoms with van der Waals surface area (Å²) >= 11 is 27.2. The molecular weight excluding hydrogens is 450 g/mol. The lowest BCUT2D eigenvalue weighted by Gasteiger charge is -1.99. The number of halogens is 4. The Balaban J connectivity index is 1.65. The number of benzene rings is 2. The molecule has 0 spiro atoms. The van der Waals surface area contributed by atoms with Crippen molar-refractivity contribution in [2.45, 2.75) is 0 Å². The molecule has 0 amide bonds. The monoisotopic (exact) mass is 456 g/mol. The van der Waals surface area contributed by atoms with E-state index in [9.17, 15) is 0 Å². The van der Waals surface area contributed by atoms with Crippen LogP contribution in [0.25, 0.3) is 32.5 Å². The van der Waals surface area contributed by atoms with E-state index in [-0.39, 0.29) is 0 Å². The van der Waals surface area contributed by atoms with Gasteiger partial charge in [-0.05, 0) is 24.3 Å². The fourth-order valence-electron chi connectivity index (χ4n) is 2.32. The molecular formula is C18H8Cl4N2S2. The molecule has 2 heterocycles. The van der Waals surface area contributed by atoms with Crippen LogP contribution in [0.2, 0.25) is 20.1 Å². The predicted octanol–water partition coefficient (Wildman–Crippen LogP) is 8.21. The van der Waals surface area contributed by atoms with Crippen LogP contribution in [0, 0.1) is 0 Å². The summed E-state index contributed by atoms with van der Waals surface area (Å²) in [7, 11) is 0. The lowest BCUT2D eigenvalue weighted by atomic mass is 10.2. The van der Waals surface area contributed by atoms with E-state index in [4.69, 9.17) is 46.4 Å². The third-order valence-corrected chi connectivity index (χ3v) is 6.93. The van der Waals surface area contributed by atoms with Gasteiger partial charge in [0.05, 0.1) is 31.5 Å². The van der Waals surface area contributed by atoms with Crippen LogP contribution >= 0.6 is 69.1 Å². The van der Waals surface area contributed by atoms with E-state index in [1.807, 2.05) is 35.0 Å². The molecule has 2 aromatic carbocycles. The first kappa shape index (κ1) is 18.2. The Morgan fingerprint density at radius 3 is 1.38 bits per heavy atom. The first-order valence-corrected chi connectivity index (χ1v) is 10.6. The van der Waals surface area contributed by atoms with Crippen molar-refractivity contribution in [3.63, 3.8) is 0 Å². The number of rotatable bonds is 3. The molecule has 0 unspecified atom stereocenters. The number of hydrogen-bond acceptors (Lipinski definition) is 4. The minimum absolute atomic E-state index is 0.509. The standard InChI is InChI=1S/C18H8Cl4N2S2/c19-11-3-1-9(5-13(11)21)15-7-25-17(23-15)18-24-16(8-26-18)10-2-4-12(20)14(22)6-10/h1-8H. The molecule has 0 atom stereocenters. The minimum Gasteiger partial charge on any atom is -0.233 e. The zero-order valence-corrected chi connectivity index (χ0v) is 17.5. The van der Waals surface area contributed by atoms with Crippen molar-refractivity contribution in [3.05, 3.63) is 67.2 Å². The van der Waals surface area contributed by atoms with Gasteiger partial charge in [0.25, 0.3) is 0 Å². The predicted molar refractivity (Wildman–Crippen MR) is 114 cm³/mol. The Morgan fingerprint density at radius 1 is 0.577 bits per heavy atom. The van der Waals surface area contributed by atoms with Crippen molar-refractivity contribution in [1.29, 1.82) is 0 Å². The highest BCUT2D eigenvalue weighted by molar-refractivity contribution is 7.20. The van der Waals surface area contributed by atoms with E-state index in [0.29, 0.717) is 20.1 Å². The second-order valence-electron chi connectivity index (χ2n) is 5.33. The molecule has 0 aliphatic heterocycles. The molecule has 0 radical (unpaired) electrons. The number of hydrogen-bond donors (Lipinski definition) is 0. The van der Waals surface area contributed by atoms with E-state index < -0.39 is 0 Å². The zero-order chi connectivity index (χ0) is 18.3. The molecule has 0 saturated carbocycles. The van der Waals surface area contributed by atoms with Gasteiger partial charge in [0.1, 0.15) is 0 Å². The summed E-state index contributed by atoms with van der Waals surface area (Å²) < 4.78 is 0. The van der Waals surface area contributed by atoms with Crippen molar-refractivity contribution in [1.82, 2.24) is 9.97 Å². The molecule has 2 nitrogen and oxygen atoms in total. The zero-order valence-electron chi connectivity index (χ0n) is 12.8. The summed E-state index contributed by atoms with van der Waals surface area (Å²) in [5.74, 6) is 0. The molecule has 26 heavy (non-hydrogen) atoms. The van der Waals surface area contributed by atoms with Gasteiger partial charge in [0.15, 0.2) is 10.0 Å². The van der Waals surface area contributed by atoms with E-state index in [2.05, 4.69) is 9.97 Å². The van der Waals surface area contributed by atoms with Crippen LogP contribution in [-0.4, -0.2) is 9.97 Å². The van der Waals surface area contributed by atoms with Gasteiger partial charge in [0, 0.05) is 21.9 Å². The van der Waals surface area contributed by atoms with Crippen molar-refractivity contribution in [2.75, 3.05) is 0 Å². The quantitative estimate of drug-likeness (QED) is 0.309. The number of thiazole rings is 2. The van der Waals surface area contributed by atoms with Gasteiger partial charge in [-0.15, -0.1) is 22.7 Å². The molecule has 4 aromatic rings. The maximum absolute atomic E-state index is 6.10. The average molecular weight is 458 g/mol. The summed E-state index contributed by atoms with van der Waals surface area (Å²) in [5, 5.41) is 7.73. The molecule has 0 bridgehead atoms. The van der Waals surface area contributed by atoms with Gasteiger partial charge >= 0.3 is 0 Å². The Labute approximate surface area is 178 Å². The summed E-state index contributed by atoms with van der Waals surface area (Å²) in [6.07, 6.45) is 0. The van der Waals surface area contributed by atoms with Gasteiger partial charge in [-0.3, -0.25) is 0 Å². The second-order valence-corrected chi connectivity index (χ2v) is 8.68. The Hall–Kier alpha value is -1.14. The molecule has 2 aromatic heterocycles. The normalized spacial score (nSPS) is 11.1. The molecule has 4 rings (SSSR count). The molecule has 8 heteroatoms. The summed E-state index contributed by atoms with van der Waals surface area (Å²) in [6, 6.07) is 11.0. The topological polar surface area (TPSA) is 25.8 Å². The SMILES string of the molecule is Clc1ccc(-c2csc(-c3nc(-c4ccc(Cl)c(Cl)c4)cs3)n2)cc1Cl. The summed E-state index contributed by atoms with van der Waals surface area (Å²) in [5.41, 5.74) is 3.52. The smallest absolute Gasteiger partial charge is 0.152 e. The Bertz CT molecular complexity index is 1020. The van der Waals surface area contributed by atoms with E-state index in [1.54, 1.807) is 12.1 Å². The lowest BCUT2D eigenvalue weighted by Crippen LogP contribution is -1.81. The summed E-state index contributed by atoms with van der Waals surface area (Å²) in [6.45, 7) is 0. The number of aromatic nitrogens is 2. The lowest BCUT2D eigenvalue weighted by molar-refractivity contribution is 1.35. The highest BCUT2D eigenvalue weighted by Gasteiger charge is 2.13. The fraction of sp³-hybridized carbons (Fsp3) is 0. The van der Waals surface area contributed by atoms with Crippen molar-refractivity contribution in [2.24, 2.45) is 0 Å². The van der Waals surface area contributed by atoms with Gasteiger partial charge in [-0.1, -0.05) is 58.5 Å². The van der Waals surface area contributed by atoms with Crippen molar-refractivity contribution >= 4 is 69.1 Å². The maximum atomic E-state index is 6.10. The van der Waals surface area contributed by atoms with Crippen LogP contribution in [0.15, 0.2) is 47.2 Å². The van der Waals surface area contributed by atoms with Crippen molar-refractivity contribution in [3.8, 4) is 32.5 Å². The maximum Gasteiger partial charge on any atom is 0.152 e. The van der Waals surface area contributed by atoms with Crippen LogP contribution in [0.1, 0.15) is 0 Å². The molecule has 0 aliphatic carbocycles. The first-order chi connectivity index (χ1) is 12.5. The minimum atomic E-state index is 0.509. The molecule has 0 N–H and O–H groups in total. The van der Waals surface area contributed by atoms with Crippen LogP contribution in [0.5, 0.6) is 0 Å². The molecule has 0 fully saturated rings. The van der Waals surface area contributed by atoms with Gasteiger partial charge < -0.3 is 0 Å². The highest BCUT2D eigenvalue weighted by atomic mass is 35.5. The molecule has 0 saturated heterocycles. The second kappa shape index (κ2) is 7.47. The molecule has 130 valence electrons. The van der Waals surface area contributed by atoms with Crippen LogP contribution in [0.3, 0.4) is 0 Å². The molecule has 0 aliphatic rings. The Morgan fingerprint density at radius 2 is 1.00 bits per heavy atom. The average Bonchev–Trinajstić information content (AvgIpc) is 3.29. The van der Waals surface area contributed by atoms with E-state index >= 15 is 0 Å². The summed E-state index contributed by atoms with van der Waals surface area (Å²) in [4.78, 5) is 9.36. The third-order valence-electron chi connectivity index (χ3n) is 3.62. The Kier molecular flexibility index (Phi) is 5.24. The first-order valence-electron chi connectivity index (χ1n) is 7.33. The van der Waals surface area contributed by atoms with E-state index in [0.717, 1.165) is 32.5 Å². The van der Waals surface area contributed by atoms with Crippen LogP contribution < -0.4 is 0 Å². The highest BCUT2D eigenvalue weighted by Crippen LogP contribution is 2.36. The van der Waals surface area contributed by atoms with Gasteiger partial charge in [-0.25, -0.2) is 9.97 Å². The van der Waals surface area contributed by atoms with Gasteiger partial charge in [0.2, 0.25) is 0 Å². The van der Waals surface area contributed by atoms with Gasteiger partial charge in [-0.2, -0.15) is 0 Å². The number of nitrogens with zero attached hydrogens (tertiary/aromatic N) is 2. The fourth-order valence-corrected chi connectivity index (χ4v) is 4.62.